The van der Waals surface area contributed by atoms with E-state index in [0.717, 1.165) is 25.0 Å². The third-order valence-corrected chi connectivity index (χ3v) is 1.56. The summed E-state index contributed by atoms with van der Waals surface area (Å²) >= 11 is 0. The van der Waals surface area contributed by atoms with Crippen LogP contribution in [-0.4, -0.2) is 37.3 Å². The summed E-state index contributed by atoms with van der Waals surface area (Å²) in [5.74, 6) is -0.311. The zero-order valence-corrected chi connectivity index (χ0v) is 10.4. The molecule has 0 heterocycles. The molecule has 0 saturated carbocycles. The predicted octanol–water partition coefficient (Wildman–Crippen LogP) is -0.192. The Morgan fingerprint density at radius 3 is 2.06 bits per heavy atom. The third kappa shape index (κ3) is 23.8. The quantitative estimate of drug-likeness (QED) is 0.224. The lowest BCUT2D eigenvalue weighted by Gasteiger charge is -2.09. The van der Waals surface area contributed by atoms with Crippen LogP contribution >= 0.6 is 0 Å². The largest absolute Gasteiger partial charge is 0.465 e. The topological polar surface area (TPSA) is 160 Å². The van der Waals surface area contributed by atoms with E-state index in [1.54, 1.807) is 6.92 Å². The van der Waals surface area contributed by atoms with Crippen LogP contribution in [0.2, 0.25) is 0 Å². The van der Waals surface area contributed by atoms with Crippen molar-refractivity contribution in [1.82, 2.24) is 0 Å². The number of carbonyl (C=O) groups excluding carboxylic acids is 3. The Morgan fingerprint density at radius 2 is 1.72 bits per heavy atom. The summed E-state index contributed by atoms with van der Waals surface area (Å²) < 4.78 is 4.74. The number of hydrogen-bond donors (Lipinski definition) is 4. The fourth-order valence-electron chi connectivity index (χ4n) is 0.876. The average molecular weight is 260 g/mol. The summed E-state index contributed by atoms with van der Waals surface area (Å²) in [5, 5.41) is 10.8. The molecule has 104 valence electrons. The van der Waals surface area contributed by atoms with Crippen LogP contribution < -0.4 is 11.5 Å². The van der Waals surface area contributed by atoms with Crippen LogP contribution in [0.15, 0.2) is 0 Å². The monoisotopic (exact) mass is 260 g/mol. The summed E-state index contributed by atoms with van der Waals surface area (Å²) in [6.07, 6.45) is 3.96. The minimum Gasteiger partial charge on any atom is -0.465 e. The van der Waals surface area contributed by atoms with Gasteiger partial charge in [-0.3, -0.25) is 4.79 Å². The highest BCUT2D eigenvalue weighted by atomic mass is 16.5. The Balaban J connectivity index is -0.000000315. The average Bonchev–Trinajstić information content (AvgIpc) is 2.31. The lowest BCUT2D eigenvalue weighted by Crippen LogP contribution is -2.32. The first-order valence-electron chi connectivity index (χ1n) is 5.25. The highest BCUT2D eigenvalue weighted by Gasteiger charge is 2.12. The van der Waals surface area contributed by atoms with Crippen LogP contribution in [-0.2, 0) is 19.1 Å². The van der Waals surface area contributed by atoms with E-state index in [-0.39, 0.29) is 5.97 Å². The van der Waals surface area contributed by atoms with Crippen LogP contribution in [0.4, 0.5) is 0 Å². The molecule has 18 heavy (non-hydrogen) atoms. The predicted molar refractivity (Wildman–Crippen MR) is 64.3 cm³/mol. The summed E-state index contributed by atoms with van der Waals surface area (Å²) in [6, 6.07) is -0.475. The van der Waals surface area contributed by atoms with Crippen molar-refractivity contribution < 1.29 is 19.1 Å². The number of nitrogens with one attached hydrogen (secondary N) is 2. The van der Waals surface area contributed by atoms with E-state index in [4.69, 9.17) is 36.6 Å². The first-order chi connectivity index (χ1) is 8.55. The van der Waals surface area contributed by atoms with E-state index in [2.05, 4.69) is 0 Å². The van der Waals surface area contributed by atoms with Gasteiger partial charge in [0.1, 0.15) is 6.04 Å². The zero-order chi connectivity index (χ0) is 14.8. The highest BCUT2D eigenvalue weighted by Crippen LogP contribution is 1.99. The van der Waals surface area contributed by atoms with E-state index in [0.29, 0.717) is 19.6 Å². The van der Waals surface area contributed by atoms with Gasteiger partial charge in [0.25, 0.3) is 0 Å². The highest BCUT2D eigenvalue weighted by molar-refractivity contribution is 5.75. The molecule has 0 bridgehead atoms. The number of nitrogens with two attached hydrogens (primary N) is 2. The Labute approximate surface area is 106 Å². The van der Waals surface area contributed by atoms with Gasteiger partial charge in [0.05, 0.1) is 6.61 Å². The molecule has 0 aromatic heterocycles. The van der Waals surface area contributed by atoms with Crippen molar-refractivity contribution >= 4 is 18.1 Å². The van der Waals surface area contributed by atoms with E-state index in [1.807, 2.05) is 0 Å². The van der Waals surface area contributed by atoms with Crippen molar-refractivity contribution in [1.29, 1.82) is 10.8 Å². The summed E-state index contributed by atoms with van der Waals surface area (Å²) in [4.78, 5) is 27.7. The number of isocyanates is 2. The molecule has 0 aliphatic rings. The molecular weight excluding hydrogens is 240 g/mol. The van der Waals surface area contributed by atoms with Gasteiger partial charge < -0.3 is 16.2 Å². The van der Waals surface area contributed by atoms with Crippen LogP contribution in [0.25, 0.3) is 0 Å². The van der Waals surface area contributed by atoms with Gasteiger partial charge in [0.15, 0.2) is 0 Å². The fraction of sp³-hybridized carbons (Fsp3) is 0.700. The Morgan fingerprint density at radius 1 is 1.28 bits per heavy atom. The van der Waals surface area contributed by atoms with Crippen LogP contribution in [0, 0.1) is 10.8 Å². The normalized spacial score (nSPS) is 9.28. The lowest BCUT2D eigenvalue weighted by atomic mass is 10.1. The molecule has 0 aromatic rings. The number of esters is 1. The van der Waals surface area contributed by atoms with Gasteiger partial charge in [0, 0.05) is 0 Å². The van der Waals surface area contributed by atoms with Gasteiger partial charge in [-0.2, -0.15) is 0 Å². The van der Waals surface area contributed by atoms with Crippen molar-refractivity contribution in [3.63, 3.8) is 0 Å². The molecule has 0 aliphatic heterocycles. The Bertz CT molecular complexity index is 247. The molecule has 0 aromatic carbocycles. The molecule has 0 amide bonds. The molecule has 8 heteroatoms. The van der Waals surface area contributed by atoms with Gasteiger partial charge in [0.2, 0.25) is 12.2 Å². The molecule has 1 unspecified atom stereocenters. The van der Waals surface area contributed by atoms with Crippen molar-refractivity contribution in [2.75, 3.05) is 13.2 Å². The SMILES string of the molecule is CCOC(=O)C(N)CCCCN.N=C=O.N=C=O. The standard InChI is InChI=1S/C8H18N2O2.2CHNO/c1-2-12-8(11)7(10)5-3-4-6-9;2*2-1-3/h7H,2-6,9-10H2,1H3;2*2H. The first-order valence-corrected chi connectivity index (χ1v) is 5.25. The van der Waals surface area contributed by atoms with Crippen LogP contribution in [0.5, 0.6) is 0 Å². The van der Waals surface area contributed by atoms with Gasteiger partial charge in [-0.1, -0.05) is 6.42 Å². The Kier molecular flexibility index (Phi) is 24.5. The van der Waals surface area contributed by atoms with Gasteiger partial charge >= 0.3 is 5.97 Å². The molecule has 0 radical (unpaired) electrons. The second-order valence-corrected chi connectivity index (χ2v) is 2.85. The molecule has 0 spiro atoms. The van der Waals surface area contributed by atoms with Gasteiger partial charge in [-0.05, 0) is 26.3 Å². The first kappa shape index (κ1) is 21.4. The third-order valence-electron chi connectivity index (χ3n) is 1.56. The zero-order valence-electron chi connectivity index (χ0n) is 10.4. The number of hydrogen-bond acceptors (Lipinski definition) is 8. The molecule has 0 fully saturated rings. The number of unbranched alkanes of at least 4 members (excludes halogenated alkanes) is 1. The minimum absolute atomic E-state index is 0.311. The molecule has 0 saturated heterocycles. The minimum atomic E-state index is -0.475. The molecule has 6 N–H and O–H groups in total. The maximum Gasteiger partial charge on any atom is 0.322 e. The molecule has 8 nitrogen and oxygen atoms in total. The molecule has 1 atom stereocenters. The number of ether oxygens (including phenoxy) is 1. The molecular formula is C10H20N4O4. The molecule has 0 aliphatic carbocycles. The maximum absolute atomic E-state index is 11.0. The second-order valence-electron chi connectivity index (χ2n) is 2.85. The van der Waals surface area contributed by atoms with Gasteiger partial charge in [-0.15, -0.1) is 0 Å². The summed E-state index contributed by atoms with van der Waals surface area (Å²) in [6.45, 7) is 2.81. The number of rotatable bonds is 6. The summed E-state index contributed by atoms with van der Waals surface area (Å²) in [5.41, 5.74) is 10.8. The van der Waals surface area contributed by atoms with Crippen molar-refractivity contribution in [3.05, 3.63) is 0 Å². The van der Waals surface area contributed by atoms with Gasteiger partial charge in [-0.25, -0.2) is 20.4 Å². The van der Waals surface area contributed by atoms with E-state index < -0.39 is 6.04 Å². The van der Waals surface area contributed by atoms with Crippen molar-refractivity contribution in [2.24, 2.45) is 11.5 Å². The lowest BCUT2D eigenvalue weighted by molar-refractivity contribution is -0.144. The van der Waals surface area contributed by atoms with Crippen molar-refractivity contribution in [3.8, 4) is 0 Å². The van der Waals surface area contributed by atoms with E-state index in [9.17, 15) is 4.79 Å². The van der Waals surface area contributed by atoms with E-state index >= 15 is 0 Å². The number of carbonyl (C=O) groups is 1. The van der Waals surface area contributed by atoms with Crippen LogP contribution in [0.1, 0.15) is 26.2 Å². The van der Waals surface area contributed by atoms with E-state index in [1.165, 1.54) is 0 Å². The summed E-state index contributed by atoms with van der Waals surface area (Å²) in [7, 11) is 0. The van der Waals surface area contributed by atoms with Crippen molar-refractivity contribution in [2.45, 2.75) is 32.2 Å². The van der Waals surface area contributed by atoms with Crippen LogP contribution in [0.3, 0.4) is 0 Å². The second kappa shape index (κ2) is 20.5. The molecule has 0 rings (SSSR count). The fourth-order valence-corrected chi connectivity index (χ4v) is 0.876. The maximum atomic E-state index is 11.0. The Hall–Kier alpha value is -1.85. The smallest absolute Gasteiger partial charge is 0.322 e.